The second kappa shape index (κ2) is 15.8. The molecule has 0 saturated heterocycles. The Hall–Kier alpha value is -8.97. The lowest BCUT2D eigenvalue weighted by atomic mass is 9.99. The van der Waals surface area contributed by atoms with Gasteiger partial charge in [-0.1, -0.05) is 200 Å². The minimum absolute atomic E-state index is 0.614. The molecule has 0 N–H and O–H groups in total. The lowest BCUT2D eigenvalue weighted by Crippen LogP contribution is -2.02. The summed E-state index contributed by atoms with van der Waals surface area (Å²) in [5.74, 6) is 1.87. The number of benzene rings is 10. The first kappa shape index (κ1) is 39.2. The van der Waals surface area contributed by atoms with E-state index in [9.17, 15) is 0 Å². The number of aromatic nitrogens is 5. The Labute approximate surface area is 401 Å². The minimum Gasteiger partial charge on any atom is -0.308 e. The van der Waals surface area contributed by atoms with Gasteiger partial charge in [-0.2, -0.15) is 0 Å². The molecule has 0 aliphatic heterocycles. The van der Waals surface area contributed by atoms with Crippen molar-refractivity contribution in [1.29, 1.82) is 0 Å². The molecule has 0 saturated carbocycles. The van der Waals surface area contributed by atoms with Gasteiger partial charge in [0.25, 0.3) is 0 Å². The SMILES string of the molecule is c1ccc(-c2ccc(-n3c4ccccc4c4ccc5c6ccc7c8ccccc8n(-c8cccc(-c9nc(-c%10ccccc%10)nc(-c%10ccccc%10-c%10ccccc%10)n9)c8)c7c6sc5c43)cc2)cc1. The van der Waals surface area contributed by atoms with Crippen LogP contribution in [0, 0.1) is 0 Å². The third-order valence-electron chi connectivity index (χ3n) is 13.6. The molecule has 14 rings (SSSR count). The Morgan fingerprint density at radius 2 is 0.725 bits per heavy atom. The summed E-state index contributed by atoms with van der Waals surface area (Å²) in [7, 11) is 0. The quantitative estimate of drug-likeness (QED) is 0.160. The molecule has 0 radical (unpaired) electrons. The molecule has 69 heavy (non-hydrogen) atoms. The zero-order valence-electron chi connectivity index (χ0n) is 37.2. The predicted molar refractivity (Wildman–Crippen MR) is 289 cm³/mol. The fourth-order valence-corrected chi connectivity index (χ4v) is 11.8. The largest absolute Gasteiger partial charge is 0.308 e. The summed E-state index contributed by atoms with van der Waals surface area (Å²) in [5, 5.41) is 7.42. The third kappa shape index (κ3) is 6.34. The minimum atomic E-state index is 0.614. The van der Waals surface area contributed by atoms with Crippen molar-refractivity contribution in [1.82, 2.24) is 24.1 Å². The summed E-state index contributed by atoms with van der Waals surface area (Å²) in [6.07, 6.45) is 0. The molecular formula is C63H39N5S. The van der Waals surface area contributed by atoms with E-state index in [1.807, 2.05) is 35.6 Å². The highest BCUT2D eigenvalue weighted by molar-refractivity contribution is 7.27. The Bertz CT molecular complexity index is 4280. The topological polar surface area (TPSA) is 48.5 Å². The molecule has 0 aliphatic rings. The maximum atomic E-state index is 5.28. The Kier molecular flexibility index (Phi) is 9.00. The van der Waals surface area contributed by atoms with Gasteiger partial charge >= 0.3 is 0 Å². The van der Waals surface area contributed by atoms with Crippen molar-refractivity contribution < 1.29 is 0 Å². The van der Waals surface area contributed by atoms with Crippen LogP contribution in [0.3, 0.4) is 0 Å². The van der Waals surface area contributed by atoms with Crippen molar-refractivity contribution in [2.24, 2.45) is 0 Å². The van der Waals surface area contributed by atoms with Crippen LogP contribution in [0.5, 0.6) is 0 Å². The maximum Gasteiger partial charge on any atom is 0.164 e. The Balaban J connectivity index is 0.985. The van der Waals surface area contributed by atoms with Gasteiger partial charge in [-0.05, 0) is 58.7 Å². The first-order valence-corrected chi connectivity index (χ1v) is 24.1. The number of thiophene rings is 1. The molecule has 0 fully saturated rings. The number of nitrogens with zero attached hydrogens (tertiary/aromatic N) is 5. The number of hydrogen-bond donors (Lipinski definition) is 0. The lowest BCUT2D eigenvalue weighted by molar-refractivity contribution is 1.07. The zero-order valence-corrected chi connectivity index (χ0v) is 38.0. The Morgan fingerprint density at radius 1 is 0.275 bits per heavy atom. The first-order chi connectivity index (χ1) is 34.2. The molecule has 4 aromatic heterocycles. The molecule has 6 heteroatoms. The van der Waals surface area contributed by atoms with Crippen molar-refractivity contribution in [3.63, 3.8) is 0 Å². The first-order valence-electron chi connectivity index (χ1n) is 23.3. The summed E-state index contributed by atoms with van der Waals surface area (Å²) in [6.45, 7) is 0. The van der Waals surface area contributed by atoms with Crippen molar-refractivity contribution in [3.05, 3.63) is 237 Å². The fraction of sp³-hybridized carbons (Fsp3) is 0. The van der Waals surface area contributed by atoms with Gasteiger partial charge in [0.15, 0.2) is 17.5 Å². The summed E-state index contributed by atoms with van der Waals surface area (Å²) < 4.78 is 7.44. The molecule has 0 unspecified atom stereocenters. The van der Waals surface area contributed by atoms with Gasteiger partial charge in [-0.3, -0.25) is 0 Å². The van der Waals surface area contributed by atoms with Crippen LogP contribution in [-0.4, -0.2) is 24.1 Å². The van der Waals surface area contributed by atoms with E-state index in [0.29, 0.717) is 17.5 Å². The highest BCUT2D eigenvalue weighted by Gasteiger charge is 2.23. The summed E-state index contributed by atoms with van der Waals surface area (Å²) >= 11 is 1.89. The second-order valence-corrected chi connectivity index (χ2v) is 18.6. The van der Waals surface area contributed by atoms with Crippen LogP contribution in [-0.2, 0) is 0 Å². The number of rotatable bonds is 7. The highest BCUT2D eigenvalue weighted by Crippen LogP contribution is 2.47. The summed E-state index contributed by atoms with van der Waals surface area (Å²) in [6, 6.07) is 84.3. The van der Waals surface area contributed by atoms with Crippen molar-refractivity contribution in [3.8, 4) is 67.8 Å². The van der Waals surface area contributed by atoms with E-state index in [4.69, 9.17) is 15.0 Å². The number of hydrogen-bond acceptors (Lipinski definition) is 4. The van der Waals surface area contributed by atoms with E-state index in [2.05, 4.69) is 221 Å². The van der Waals surface area contributed by atoms with E-state index >= 15 is 0 Å². The molecule has 0 bridgehead atoms. The second-order valence-electron chi connectivity index (χ2n) is 17.5. The van der Waals surface area contributed by atoms with Gasteiger partial charge < -0.3 is 9.13 Å². The predicted octanol–water partition coefficient (Wildman–Crippen LogP) is 16.8. The van der Waals surface area contributed by atoms with E-state index in [-0.39, 0.29) is 0 Å². The monoisotopic (exact) mass is 897 g/mol. The standard InChI is InChI=1S/C63H39N5S/c1-4-17-40(18-5-1)41-31-33-45(34-32-41)67-55-29-14-12-26-48(55)50-35-37-52-53-38-36-51-49-27-13-15-30-56(49)68(58(51)60(53)69-59(52)57(50)67)46-24-16-23-44(39-46)62-64-61(43-21-8-3-9-22-43)65-63(66-62)54-28-11-10-25-47(54)42-19-6-2-7-20-42/h1-39H. The number of para-hydroxylation sites is 2. The molecule has 0 amide bonds. The molecule has 0 spiro atoms. The molecule has 0 atom stereocenters. The van der Waals surface area contributed by atoms with Crippen LogP contribution in [0.25, 0.3) is 132 Å². The van der Waals surface area contributed by atoms with Gasteiger partial charge in [0, 0.05) is 60.4 Å². The van der Waals surface area contributed by atoms with Crippen LogP contribution in [0.15, 0.2) is 237 Å². The van der Waals surface area contributed by atoms with E-state index in [0.717, 1.165) is 44.7 Å². The number of fused-ring (bicyclic) bond motifs is 11. The van der Waals surface area contributed by atoms with Gasteiger partial charge in [0.2, 0.25) is 0 Å². The van der Waals surface area contributed by atoms with E-state index in [1.165, 1.54) is 69.4 Å². The molecule has 10 aromatic carbocycles. The van der Waals surface area contributed by atoms with Gasteiger partial charge in [0.05, 0.1) is 31.5 Å². The summed E-state index contributed by atoms with van der Waals surface area (Å²) in [4.78, 5) is 15.6. The Morgan fingerprint density at radius 3 is 1.35 bits per heavy atom. The molecule has 14 aromatic rings. The van der Waals surface area contributed by atoms with Gasteiger partial charge in [-0.15, -0.1) is 11.3 Å². The smallest absolute Gasteiger partial charge is 0.164 e. The lowest BCUT2D eigenvalue weighted by Gasteiger charge is -2.13. The third-order valence-corrected chi connectivity index (χ3v) is 14.8. The van der Waals surface area contributed by atoms with E-state index < -0.39 is 0 Å². The van der Waals surface area contributed by atoms with Gasteiger partial charge in [-0.25, -0.2) is 15.0 Å². The molecular weight excluding hydrogens is 859 g/mol. The zero-order chi connectivity index (χ0) is 45.4. The van der Waals surface area contributed by atoms with Gasteiger partial charge in [0.1, 0.15) is 0 Å². The van der Waals surface area contributed by atoms with Crippen molar-refractivity contribution in [2.75, 3.05) is 0 Å². The van der Waals surface area contributed by atoms with Crippen molar-refractivity contribution >= 4 is 75.1 Å². The molecule has 322 valence electrons. The fourth-order valence-electron chi connectivity index (χ4n) is 10.4. The van der Waals surface area contributed by atoms with Crippen LogP contribution in [0.4, 0.5) is 0 Å². The van der Waals surface area contributed by atoms with Crippen LogP contribution < -0.4 is 0 Å². The molecule has 4 heterocycles. The van der Waals surface area contributed by atoms with E-state index in [1.54, 1.807) is 0 Å². The average molecular weight is 898 g/mol. The van der Waals surface area contributed by atoms with Crippen LogP contribution >= 0.6 is 11.3 Å². The average Bonchev–Trinajstić information content (AvgIpc) is 4.10. The molecule has 5 nitrogen and oxygen atoms in total. The maximum absolute atomic E-state index is 5.28. The highest BCUT2D eigenvalue weighted by atomic mass is 32.1. The van der Waals surface area contributed by atoms with Crippen LogP contribution in [0.2, 0.25) is 0 Å². The summed E-state index contributed by atoms with van der Waals surface area (Å²) in [5.41, 5.74) is 14.3. The molecule has 0 aliphatic carbocycles. The van der Waals surface area contributed by atoms with Crippen molar-refractivity contribution in [2.45, 2.75) is 0 Å². The van der Waals surface area contributed by atoms with Crippen LogP contribution in [0.1, 0.15) is 0 Å². The normalized spacial score (nSPS) is 11.8.